The maximum Gasteiger partial charge on any atom is 0.302 e. The van der Waals surface area contributed by atoms with E-state index in [-0.39, 0.29) is 5.97 Å². The molecule has 1 heterocycles. The monoisotopic (exact) mass is 185 g/mol. The van der Waals surface area contributed by atoms with Gasteiger partial charge in [-0.25, -0.2) is 0 Å². The summed E-state index contributed by atoms with van der Waals surface area (Å²) in [7, 11) is 0. The molecule has 3 heteroatoms. The van der Waals surface area contributed by atoms with Crippen molar-refractivity contribution in [2.45, 2.75) is 26.7 Å². The van der Waals surface area contributed by atoms with E-state index in [1.807, 2.05) is 0 Å². The van der Waals surface area contributed by atoms with Gasteiger partial charge < -0.3 is 9.64 Å². The van der Waals surface area contributed by atoms with E-state index in [1.54, 1.807) is 0 Å². The average molecular weight is 185 g/mol. The van der Waals surface area contributed by atoms with Gasteiger partial charge in [0.25, 0.3) is 0 Å². The van der Waals surface area contributed by atoms with Crippen LogP contribution in [0.1, 0.15) is 26.7 Å². The molecule has 0 aromatic carbocycles. The standard InChI is InChI=1S/C10H19NO2/c1-3-11-6-4-5-10(7-11)8-13-9(2)12/h10H,3-8H2,1-2H3/t10-/m0/s1. The molecule has 0 amide bonds. The Labute approximate surface area is 80.1 Å². The van der Waals surface area contributed by atoms with Gasteiger partial charge in [-0.3, -0.25) is 4.79 Å². The SMILES string of the molecule is CCN1CCC[C@H](COC(C)=O)C1. The Hall–Kier alpha value is -0.570. The third-order valence-electron chi connectivity index (χ3n) is 2.57. The highest BCUT2D eigenvalue weighted by molar-refractivity contribution is 5.65. The number of likely N-dealkylation sites (tertiary alicyclic amines) is 1. The predicted octanol–water partition coefficient (Wildman–Crippen LogP) is 1.28. The molecule has 1 aliphatic heterocycles. The molecule has 1 aliphatic rings. The summed E-state index contributed by atoms with van der Waals surface area (Å²) in [5.41, 5.74) is 0. The minimum absolute atomic E-state index is 0.159. The molecule has 1 atom stereocenters. The first-order valence-corrected chi connectivity index (χ1v) is 5.08. The van der Waals surface area contributed by atoms with Gasteiger partial charge in [0, 0.05) is 19.4 Å². The molecule has 0 unspecified atom stereocenters. The molecular formula is C10H19NO2. The van der Waals surface area contributed by atoms with Crippen LogP contribution in [-0.2, 0) is 9.53 Å². The van der Waals surface area contributed by atoms with Crippen molar-refractivity contribution >= 4 is 5.97 Å². The Kier molecular flexibility index (Phi) is 4.22. The largest absolute Gasteiger partial charge is 0.466 e. The van der Waals surface area contributed by atoms with Crippen molar-refractivity contribution in [3.05, 3.63) is 0 Å². The molecule has 76 valence electrons. The van der Waals surface area contributed by atoms with Crippen LogP contribution in [0.2, 0.25) is 0 Å². The van der Waals surface area contributed by atoms with Gasteiger partial charge in [0.2, 0.25) is 0 Å². The van der Waals surface area contributed by atoms with Crippen LogP contribution >= 0.6 is 0 Å². The summed E-state index contributed by atoms with van der Waals surface area (Å²) >= 11 is 0. The fourth-order valence-corrected chi connectivity index (χ4v) is 1.81. The fourth-order valence-electron chi connectivity index (χ4n) is 1.81. The van der Waals surface area contributed by atoms with Gasteiger partial charge in [-0.2, -0.15) is 0 Å². The number of esters is 1. The molecule has 0 aromatic heterocycles. The van der Waals surface area contributed by atoms with Crippen LogP contribution in [0.15, 0.2) is 0 Å². The smallest absolute Gasteiger partial charge is 0.302 e. The predicted molar refractivity (Wildman–Crippen MR) is 51.5 cm³/mol. The van der Waals surface area contributed by atoms with Gasteiger partial charge in [0.15, 0.2) is 0 Å². The minimum atomic E-state index is -0.159. The Morgan fingerprint density at radius 1 is 1.62 bits per heavy atom. The lowest BCUT2D eigenvalue weighted by Crippen LogP contribution is -2.37. The van der Waals surface area contributed by atoms with Gasteiger partial charge in [0.05, 0.1) is 6.61 Å². The summed E-state index contributed by atoms with van der Waals surface area (Å²) in [6.45, 7) is 7.65. The lowest BCUT2D eigenvalue weighted by Gasteiger charge is -2.31. The van der Waals surface area contributed by atoms with E-state index >= 15 is 0 Å². The molecule has 1 saturated heterocycles. The quantitative estimate of drug-likeness (QED) is 0.620. The van der Waals surface area contributed by atoms with E-state index in [0.717, 1.165) is 13.1 Å². The maximum atomic E-state index is 10.6. The van der Waals surface area contributed by atoms with E-state index in [9.17, 15) is 4.79 Å². The van der Waals surface area contributed by atoms with E-state index in [0.29, 0.717) is 12.5 Å². The number of ether oxygens (including phenoxy) is 1. The summed E-state index contributed by atoms with van der Waals surface area (Å²) in [5, 5.41) is 0. The Morgan fingerprint density at radius 3 is 3.00 bits per heavy atom. The number of piperidine rings is 1. The third kappa shape index (κ3) is 3.77. The Bertz CT molecular complexity index is 170. The Morgan fingerprint density at radius 2 is 2.38 bits per heavy atom. The zero-order chi connectivity index (χ0) is 9.68. The molecule has 1 rings (SSSR count). The second-order valence-corrected chi connectivity index (χ2v) is 3.70. The van der Waals surface area contributed by atoms with Crippen LogP contribution in [0.5, 0.6) is 0 Å². The van der Waals surface area contributed by atoms with E-state index in [1.165, 1.54) is 26.3 Å². The summed E-state index contributed by atoms with van der Waals surface area (Å²) in [6, 6.07) is 0. The van der Waals surface area contributed by atoms with E-state index in [2.05, 4.69) is 11.8 Å². The van der Waals surface area contributed by atoms with E-state index in [4.69, 9.17) is 4.74 Å². The third-order valence-corrected chi connectivity index (χ3v) is 2.57. The number of carbonyl (C=O) groups is 1. The van der Waals surface area contributed by atoms with Gasteiger partial charge in [-0.05, 0) is 25.9 Å². The van der Waals surface area contributed by atoms with Crippen LogP contribution in [0.3, 0.4) is 0 Å². The zero-order valence-electron chi connectivity index (χ0n) is 8.58. The van der Waals surface area contributed by atoms with Crippen molar-refractivity contribution in [3.8, 4) is 0 Å². The molecular weight excluding hydrogens is 166 g/mol. The van der Waals surface area contributed by atoms with Crippen molar-refractivity contribution in [2.24, 2.45) is 5.92 Å². The number of hydrogen-bond acceptors (Lipinski definition) is 3. The topological polar surface area (TPSA) is 29.5 Å². The molecule has 0 saturated carbocycles. The average Bonchev–Trinajstić information content (AvgIpc) is 2.15. The summed E-state index contributed by atoms with van der Waals surface area (Å²) in [6.07, 6.45) is 2.43. The number of hydrogen-bond donors (Lipinski definition) is 0. The zero-order valence-corrected chi connectivity index (χ0v) is 8.58. The van der Waals surface area contributed by atoms with Crippen LogP contribution < -0.4 is 0 Å². The van der Waals surface area contributed by atoms with Crippen molar-refractivity contribution in [2.75, 3.05) is 26.2 Å². The van der Waals surface area contributed by atoms with Gasteiger partial charge in [-0.1, -0.05) is 6.92 Å². The first-order chi connectivity index (χ1) is 6.22. The molecule has 0 spiro atoms. The molecule has 0 radical (unpaired) electrons. The highest BCUT2D eigenvalue weighted by Gasteiger charge is 2.19. The second kappa shape index (κ2) is 5.22. The van der Waals surface area contributed by atoms with Gasteiger partial charge in [0.1, 0.15) is 0 Å². The molecule has 3 nitrogen and oxygen atoms in total. The van der Waals surface area contributed by atoms with Crippen molar-refractivity contribution in [1.82, 2.24) is 4.90 Å². The van der Waals surface area contributed by atoms with Crippen LogP contribution in [0.4, 0.5) is 0 Å². The number of nitrogens with zero attached hydrogens (tertiary/aromatic N) is 1. The molecule has 0 N–H and O–H groups in total. The van der Waals surface area contributed by atoms with Crippen LogP contribution in [0.25, 0.3) is 0 Å². The summed E-state index contributed by atoms with van der Waals surface area (Å²) in [4.78, 5) is 13.0. The van der Waals surface area contributed by atoms with Gasteiger partial charge >= 0.3 is 5.97 Å². The highest BCUT2D eigenvalue weighted by Crippen LogP contribution is 2.16. The molecule has 0 aromatic rings. The Balaban J connectivity index is 2.21. The first-order valence-electron chi connectivity index (χ1n) is 5.08. The van der Waals surface area contributed by atoms with Crippen LogP contribution in [-0.4, -0.2) is 37.1 Å². The van der Waals surface area contributed by atoms with E-state index < -0.39 is 0 Å². The van der Waals surface area contributed by atoms with Crippen molar-refractivity contribution in [1.29, 1.82) is 0 Å². The normalized spacial score (nSPS) is 24.3. The minimum Gasteiger partial charge on any atom is -0.466 e. The fraction of sp³-hybridized carbons (Fsp3) is 0.900. The molecule has 1 fully saturated rings. The lowest BCUT2D eigenvalue weighted by atomic mass is 9.99. The molecule has 0 bridgehead atoms. The highest BCUT2D eigenvalue weighted by atomic mass is 16.5. The molecule has 0 aliphatic carbocycles. The van der Waals surface area contributed by atoms with Crippen LogP contribution in [0, 0.1) is 5.92 Å². The summed E-state index contributed by atoms with van der Waals surface area (Å²) < 4.78 is 5.01. The summed E-state index contributed by atoms with van der Waals surface area (Å²) in [5.74, 6) is 0.395. The number of rotatable bonds is 3. The maximum absolute atomic E-state index is 10.6. The van der Waals surface area contributed by atoms with Crippen molar-refractivity contribution < 1.29 is 9.53 Å². The number of carbonyl (C=O) groups excluding carboxylic acids is 1. The van der Waals surface area contributed by atoms with Crippen molar-refractivity contribution in [3.63, 3.8) is 0 Å². The second-order valence-electron chi connectivity index (χ2n) is 3.70. The molecule has 13 heavy (non-hydrogen) atoms. The first kappa shape index (κ1) is 10.5. The van der Waals surface area contributed by atoms with Gasteiger partial charge in [-0.15, -0.1) is 0 Å². The lowest BCUT2D eigenvalue weighted by molar-refractivity contribution is -0.142.